The fraction of sp³-hybridized carbons (Fsp3) is 0.409. The highest BCUT2D eigenvalue weighted by Gasteiger charge is 2.30. The van der Waals surface area contributed by atoms with Crippen LogP contribution in [0.3, 0.4) is 0 Å². The number of furan rings is 1. The summed E-state index contributed by atoms with van der Waals surface area (Å²) in [6.45, 7) is 4.84. The van der Waals surface area contributed by atoms with Gasteiger partial charge in [0.1, 0.15) is 6.04 Å². The number of rotatable bonds is 6. The minimum Gasteiger partial charge on any atom is -0.459 e. The van der Waals surface area contributed by atoms with Crippen molar-refractivity contribution in [2.75, 3.05) is 13.1 Å². The molecule has 1 unspecified atom stereocenters. The van der Waals surface area contributed by atoms with Crippen LogP contribution in [0.4, 0.5) is 0 Å². The number of carbonyl (C=O) groups excluding carboxylic acids is 3. The van der Waals surface area contributed by atoms with Crippen molar-refractivity contribution in [2.45, 2.75) is 38.8 Å². The first-order chi connectivity index (χ1) is 14.3. The van der Waals surface area contributed by atoms with E-state index in [0.29, 0.717) is 42.3 Å². The minimum absolute atomic E-state index is 0.0492. The van der Waals surface area contributed by atoms with Crippen LogP contribution in [0, 0.1) is 5.92 Å². The van der Waals surface area contributed by atoms with Gasteiger partial charge >= 0.3 is 0 Å². The molecule has 1 aliphatic rings. The van der Waals surface area contributed by atoms with Crippen molar-refractivity contribution in [2.24, 2.45) is 5.92 Å². The zero-order valence-electron chi connectivity index (χ0n) is 17.1. The molecule has 2 heterocycles. The van der Waals surface area contributed by atoms with Gasteiger partial charge in [0.05, 0.1) is 6.26 Å². The lowest BCUT2D eigenvalue weighted by Crippen LogP contribution is -2.54. The van der Waals surface area contributed by atoms with Crippen LogP contribution in [0.1, 0.15) is 47.6 Å². The Balaban J connectivity index is 1.53. The molecule has 160 valence electrons. The van der Waals surface area contributed by atoms with E-state index in [1.54, 1.807) is 41.3 Å². The topological polar surface area (TPSA) is 91.7 Å². The van der Waals surface area contributed by atoms with E-state index < -0.39 is 6.04 Å². The fourth-order valence-corrected chi connectivity index (χ4v) is 3.56. The second kappa shape index (κ2) is 9.80. The van der Waals surface area contributed by atoms with Crippen LogP contribution in [0.25, 0.3) is 0 Å². The van der Waals surface area contributed by atoms with E-state index in [9.17, 15) is 14.4 Å². The van der Waals surface area contributed by atoms with E-state index in [4.69, 9.17) is 16.0 Å². The Hall–Kier alpha value is -2.80. The smallest absolute Gasteiger partial charge is 0.289 e. The van der Waals surface area contributed by atoms with Crippen molar-refractivity contribution in [3.05, 3.63) is 59.0 Å². The van der Waals surface area contributed by atoms with Crippen LogP contribution in [0.2, 0.25) is 5.02 Å². The van der Waals surface area contributed by atoms with Gasteiger partial charge in [-0.25, -0.2) is 0 Å². The van der Waals surface area contributed by atoms with Gasteiger partial charge in [-0.2, -0.15) is 0 Å². The van der Waals surface area contributed by atoms with Crippen molar-refractivity contribution >= 4 is 29.3 Å². The fourth-order valence-electron chi connectivity index (χ4n) is 3.43. The quantitative estimate of drug-likeness (QED) is 0.735. The molecular formula is C22H26ClN3O4. The average Bonchev–Trinajstić information content (AvgIpc) is 3.27. The highest BCUT2D eigenvalue weighted by Crippen LogP contribution is 2.16. The molecule has 0 spiro atoms. The molecule has 0 bridgehead atoms. The van der Waals surface area contributed by atoms with Crippen LogP contribution in [-0.2, 0) is 4.79 Å². The van der Waals surface area contributed by atoms with Crippen LogP contribution in [0.15, 0.2) is 47.1 Å². The first kappa shape index (κ1) is 21.9. The summed E-state index contributed by atoms with van der Waals surface area (Å²) in [7, 11) is 0. The second-order valence-corrected chi connectivity index (χ2v) is 8.19. The molecule has 30 heavy (non-hydrogen) atoms. The molecule has 0 saturated carbocycles. The zero-order chi connectivity index (χ0) is 21.7. The van der Waals surface area contributed by atoms with E-state index in [2.05, 4.69) is 10.6 Å². The molecule has 1 aliphatic heterocycles. The SMILES string of the molecule is CC(C)C(NC(=O)c1ccc(Cl)cc1)C(=O)NC1CCN(C(=O)c2ccco2)CC1. The number of likely N-dealkylation sites (tertiary alicyclic amines) is 1. The third-order valence-electron chi connectivity index (χ3n) is 5.20. The van der Waals surface area contributed by atoms with Crippen molar-refractivity contribution in [1.82, 2.24) is 15.5 Å². The van der Waals surface area contributed by atoms with E-state index in [0.717, 1.165) is 0 Å². The van der Waals surface area contributed by atoms with E-state index in [1.807, 2.05) is 13.8 Å². The molecule has 1 saturated heterocycles. The van der Waals surface area contributed by atoms with E-state index >= 15 is 0 Å². The number of hydrogen-bond acceptors (Lipinski definition) is 4. The molecule has 0 aliphatic carbocycles. The molecule has 3 rings (SSSR count). The molecule has 0 radical (unpaired) electrons. The normalized spacial score (nSPS) is 15.7. The lowest BCUT2D eigenvalue weighted by atomic mass is 10.00. The summed E-state index contributed by atoms with van der Waals surface area (Å²) in [6, 6.07) is 9.15. The number of nitrogens with one attached hydrogen (secondary N) is 2. The van der Waals surface area contributed by atoms with Gasteiger partial charge in [0, 0.05) is 29.7 Å². The molecule has 7 nitrogen and oxygen atoms in total. The molecule has 1 fully saturated rings. The standard InChI is InChI=1S/C22H26ClN3O4/c1-14(2)19(25-20(27)15-5-7-16(23)8-6-15)21(28)24-17-9-11-26(12-10-17)22(29)18-4-3-13-30-18/h3-8,13-14,17,19H,9-12H2,1-2H3,(H,24,28)(H,25,27). The number of carbonyl (C=O) groups is 3. The van der Waals surface area contributed by atoms with Gasteiger partial charge in [-0.05, 0) is 55.2 Å². The Bertz CT molecular complexity index is 872. The zero-order valence-corrected chi connectivity index (χ0v) is 17.8. The number of piperidine rings is 1. The number of hydrogen-bond donors (Lipinski definition) is 2. The minimum atomic E-state index is -0.657. The Morgan fingerprint density at radius 3 is 2.33 bits per heavy atom. The number of benzene rings is 1. The Kier molecular flexibility index (Phi) is 7.15. The molecule has 3 amide bonds. The molecule has 1 aromatic carbocycles. The first-order valence-electron chi connectivity index (χ1n) is 10.0. The third kappa shape index (κ3) is 5.42. The predicted octanol–water partition coefficient (Wildman–Crippen LogP) is 3.11. The molecule has 2 N–H and O–H groups in total. The Morgan fingerprint density at radius 1 is 1.10 bits per heavy atom. The average molecular weight is 432 g/mol. The summed E-state index contributed by atoms with van der Waals surface area (Å²) in [6.07, 6.45) is 2.77. The molecule has 2 aromatic rings. The van der Waals surface area contributed by atoms with Gasteiger partial charge in [-0.1, -0.05) is 25.4 Å². The van der Waals surface area contributed by atoms with Gasteiger partial charge in [0.15, 0.2) is 5.76 Å². The summed E-state index contributed by atoms with van der Waals surface area (Å²) < 4.78 is 5.17. The van der Waals surface area contributed by atoms with Crippen LogP contribution in [0.5, 0.6) is 0 Å². The molecule has 1 atom stereocenters. The Morgan fingerprint density at radius 2 is 1.77 bits per heavy atom. The van der Waals surface area contributed by atoms with Gasteiger partial charge in [-0.15, -0.1) is 0 Å². The predicted molar refractivity (Wildman–Crippen MR) is 113 cm³/mol. The largest absolute Gasteiger partial charge is 0.459 e. The van der Waals surface area contributed by atoms with Gasteiger partial charge in [-0.3, -0.25) is 14.4 Å². The van der Waals surface area contributed by atoms with Gasteiger partial charge < -0.3 is 20.0 Å². The maximum atomic E-state index is 12.8. The Labute approximate surface area is 180 Å². The number of halogens is 1. The molecular weight excluding hydrogens is 406 g/mol. The van der Waals surface area contributed by atoms with Crippen LogP contribution >= 0.6 is 11.6 Å². The summed E-state index contributed by atoms with van der Waals surface area (Å²) in [4.78, 5) is 39.4. The van der Waals surface area contributed by atoms with Crippen molar-refractivity contribution in [1.29, 1.82) is 0 Å². The van der Waals surface area contributed by atoms with Gasteiger partial charge in [0.2, 0.25) is 5.91 Å². The summed E-state index contributed by atoms with van der Waals surface area (Å²) in [5, 5.41) is 6.38. The molecule has 1 aromatic heterocycles. The highest BCUT2D eigenvalue weighted by molar-refractivity contribution is 6.30. The second-order valence-electron chi connectivity index (χ2n) is 7.75. The van der Waals surface area contributed by atoms with Crippen LogP contribution in [-0.4, -0.2) is 47.8 Å². The summed E-state index contributed by atoms with van der Waals surface area (Å²) >= 11 is 5.86. The maximum Gasteiger partial charge on any atom is 0.289 e. The summed E-state index contributed by atoms with van der Waals surface area (Å²) in [5.74, 6) is -0.438. The summed E-state index contributed by atoms with van der Waals surface area (Å²) in [5.41, 5.74) is 0.447. The maximum absolute atomic E-state index is 12.8. The van der Waals surface area contributed by atoms with Crippen LogP contribution < -0.4 is 10.6 Å². The number of nitrogens with zero attached hydrogens (tertiary/aromatic N) is 1. The lowest BCUT2D eigenvalue weighted by Gasteiger charge is -2.33. The third-order valence-corrected chi connectivity index (χ3v) is 5.45. The molecule has 8 heteroatoms. The van der Waals surface area contributed by atoms with Gasteiger partial charge in [0.25, 0.3) is 11.8 Å². The van der Waals surface area contributed by atoms with E-state index in [-0.39, 0.29) is 29.7 Å². The van der Waals surface area contributed by atoms with Crippen molar-refractivity contribution in [3.8, 4) is 0 Å². The lowest BCUT2D eigenvalue weighted by molar-refractivity contribution is -0.124. The van der Waals surface area contributed by atoms with Crippen molar-refractivity contribution < 1.29 is 18.8 Å². The van der Waals surface area contributed by atoms with E-state index in [1.165, 1.54) is 6.26 Å². The first-order valence-corrected chi connectivity index (χ1v) is 10.4. The monoisotopic (exact) mass is 431 g/mol. The highest BCUT2D eigenvalue weighted by atomic mass is 35.5. The number of amides is 3. The van der Waals surface area contributed by atoms with Crippen molar-refractivity contribution in [3.63, 3.8) is 0 Å².